The van der Waals surface area contributed by atoms with Crippen LogP contribution in [0.25, 0.3) is 17.4 Å². The predicted molar refractivity (Wildman–Crippen MR) is 156 cm³/mol. The summed E-state index contributed by atoms with van der Waals surface area (Å²) in [5.41, 5.74) is 1.54. The van der Waals surface area contributed by atoms with Crippen molar-refractivity contribution in [2.24, 2.45) is 4.99 Å². The van der Waals surface area contributed by atoms with Gasteiger partial charge >= 0.3 is 5.97 Å². The predicted octanol–water partition coefficient (Wildman–Crippen LogP) is 5.13. The molecule has 41 heavy (non-hydrogen) atoms. The second kappa shape index (κ2) is 11.3. The van der Waals surface area contributed by atoms with Crippen LogP contribution in [-0.2, 0) is 9.53 Å². The van der Waals surface area contributed by atoms with Gasteiger partial charge < -0.3 is 13.9 Å². The van der Waals surface area contributed by atoms with E-state index in [4.69, 9.17) is 13.9 Å². The van der Waals surface area contributed by atoms with E-state index in [9.17, 15) is 19.7 Å². The molecule has 210 valence electrons. The summed E-state index contributed by atoms with van der Waals surface area (Å²) in [6.07, 6.45) is 1.24. The molecule has 1 aliphatic heterocycles. The normalized spacial score (nSPS) is 15.1. The Morgan fingerprint density at radius 2 is 1.93 bits per heavy atom. The second-order valence-corrected chi connectivity index (χ2v) is 11.4. The van der Waals surface area contributed by atoms with Crippen molar-refractivity contribution < 1.29 is 23.6 Å². The topological polar surface area (TPSA) is 126 Å². The number of rotatable bonds is 7. The molecule has 0 radical (unpaired) electrons. The van der Waals surface area contributed by atoms with Crippen LogP contribution in [-0.4, -0.2) is 28.7 Å². The van der Waals surface area contributed by atoms with Crippen molar-refractivity contribution in [3.63, 3.8) is 0 Å². The van der Waals surface area contributed by atoms with E-state index in [1.807, 2.05) is 12.1 Å². The van der Waals surface area contributed by atoms with Crippen molar-refractivity contribution in [3.8, 4) is 17.1 Å². The number of fused-ring (bicyclic) bond motifs is 1. The first kappa shape index (κ1) is 28.2. The van der Waals surface area contributed by atoms with Gasteiger partial charge in [0, 0.05) is 33.8 Å². The molecular weight excluding hydrogens is 614 g/mol. The van der Waals surface area contributed by atoms with Crippen LogP contribution in [0, 0.1) is 10.1 Å². The molecule has 0 spiro atoms. The Bertz CT molecular complexity index is 1880. The minimum atomic E-state index is -0.848. The van der Waals surface area contributed by atoms with E-state index in [2.05, 4.69) is 20.9 Å². The third kappa shape index (κ3) is 5.52. The van der Waals surface area contributed by atoms with E-state index < -0.39 is 16.9 Å². The molecule has 0 saturated carbocycles. The maximum absolute atomic E-state index is 13.9. The number of aromatic nitrogens is 1. The molecule has 0 N–H and O–H groups in total. The number of nitro benzene ring substituents is 1. The van der Waals surface area contributed by atoms with E-state index in [0.29, 0.717) is 43.4 Å². The van der Waals surface area contributed by atoms with Crippen LogP contribution in [0.2, 0.25) is 0 Å². The number of carbonyl (C=O) groups excluding carboxylic acids is 1. The van der Waals surface area contributed by atoms with E-state index in [1.165, 1.54) is 35.1 Å². The number of furan rings is 1. The van der Waals surface area contributed by atoms with Crippen molar-refractivity contribution in [1.82, 2.24) is 4.57 Å². The molecule has 0 saturated heterocycles. The highest BCUT2D eigenvalue weighted by molar-refractivity contribution is 9.10. The average molecular weight is 638 g/mol. The molecule has 2 aromatic carbocycles. The number of halogens is 1. The van der Waals surface area contributed by atoms with Crippen molar-refractivity contribution in [1.29, 1.82) is 0 Å². The van der Waals surface area contributed by atoms with Crippen molar-refractivity contribution in [2.45, 2.75) is 32.9 Å². The minimum Gasteiger partial charge on any atom is -0.496 e. The molecule has 0 fully saturated rings. The Balaban J connectivity index is 1.64. The Labute approximate surface area is 246 Å². The molecule has 10 nitrogen and oxygen atoms in total. The summed E-state index contributed by atoms with van der Waals surface area (Å²) in [6, 6.07) is 14.0. The van der Waals surface area contributed by atoms with Gasteiger partial charge in [0.2, 0.25) is 0 Å². The monoisotopic (exact) mass is 637 g/mol. The molecule has 0 unspecified atom stereocenters. The lowest BCUT2D eigenvalue weighted by Gasteiger charge is -2.26. The number of nitro groups is 1. The molecule has 12 heteroatoms. The number of nitrogens with zero attached hydrogens (tertiary/aromatic N) is 3. The number of hydrogen-bond donors (Lipinski definition) is 0. The second-order valence-electron chi connectivity index (χ2n) is 9.43. The van der Waals surface area contributed by atoms with Crippen molar-refractivity contribution in [3.05, 3.63) is 111 Å². The van der Waals surface area contributed by atoms with Gasteiger partial charge in [0.25, 0.3) is 11.2 Å². The highest BCUT2D eigenvalue weighted by atomic mass is 79.9. The summed E-state index contributed by atoms with van der Waals surface area (Å²) in [4.78, 5) is 42.8. The SMILES string of the molecule is COc1ccc(Br)cc1[C@H]1C(C(=O)OC(C)C)=C(C)N=c2s/c(=C\c3ccc(-c4ccc([N+](=O)[O-])cc4)o3)c(=O)n21. The largest absolute Gasteiger partial charge is 0.496 e. The van der Waals surface area contributed by atoms with Crippen LogP contribution in [0.4, 0.5) is 5.69 Å². The molecule has 0 bridgehead atoms. The maximum atomic E-state index is 13.9. The third-order valence-corrected chi connectivity index (χ3v) is 7.81. The smallest absolute Gasteiger partial charge is 0.338 e. The molecule has 1 aliphatic rings. The summed E-state index contributed by atoms with van der Waals surface area (Å²) >= 11 is 4.67. The Morgan fingerprint density at radius 3 is 2.59 bits per heavy atom. The zero-order chi connectivity index (χ0) is 29.4. The lowest BCUT2D eigenvalue weighted by atomic mass is 9.95. The Hall–Kier alpha value is -4.29. The lowest BCUT2D eigenvalue weighted by molar-refractivity contribution is -0.384. The molecule has 0 amide bonds. The van der Waals surface area contributed by atoms with Gasteiger partial charge in [0.1, 0.15) is 23.3 Å². The van der Waals surface area contributed by atoms with Crippen LogP contribution in [0.3, 0.4) is 0 Å². The molecule has 1 atom stereocenters. The Morgan fingerprint density at radius 1 is 1.20 bits per heavy atom. The third-order valence-electron chi connectivity index (χ3n) is 6.33. The number of ether oxygens (including phenoxy) is 2. The lowest BCUT2D eigenvalue weighted by Crippen LogP contribution is -2.40. The molecular formula is C29H24BrN3O7S. The number of carbonyl (C=O) groups is 1. The zero-order valence-corrected chi connectivity index (χ0v) is 24.8. The minimum absolute atomic E-state index is 0.0230. The Kier molecular flexibility index (Phi) is 7.78. The first-order chi connectivity index (χ1) is 19.6. The van der Waals surface area contributed by atoms with Crippen molar-refractivity contribution >= 4 is 45.0 Å². The van der Waals surface area contributed by atoms with Gasteiger partial charge in [0.15, 0.2) is 4.80 Å². The number of methoxy groups -OCH3 is 1. The quantitative estimate of drug-likeness (QED) is 0.156. The zero-order valence-electron chi connectivity index (χ0n) is 22.4. The first-order valence-electron chi connectivity index (χ1n) is 12.5. The van der Waals surface area contributed by atoms with Crippen LogP contribution in [0.15, 0.2) is 84.5 Å². The van der Waals surface area contributed by atoms with Gasteiger partial charge in [-0.05, 0) is 63.2 Å². The number of non-ortho nitro benzene ring substituents is 1. The molecule has 2 aromatic heterocycles. The summed E-state index contributed by atoms with van der Waals surface area (Å²) < 4.78 is 19.7. The molecule has 5 rings (SSSR count). The van der Waals surface area contributed by atoms with Gasteiger partial charge in [-0.1, -0.05) is 27.3 Å². The van der Waals surface area contributed by atoms with E-state index in [-0.39, 0.29) is 22.9 Å². The van der Waals surface area contributed by atoms with Crippen LogP contribution in [0.1, 0.15) is 38.1 Å². The van der Waals surface area contributed by atoms with Gasteiger partial charge in [-0.3, -0.25) is 19.5 Å². The standard InChI is InChI=1S/C29H24BrN3O7S/c1-15(2)39-28(35)25-16(3)31-29-32(26(25)21-13-18(30)7-11-23(21)38-4)27(34)24(41-29)14-20-10-12-22(40-20)17-5-8-19(9-6-17)33(36)37/h5-15,26H,1-4H3/b24-14-/t26-/m0/s1. The van der Waals surface area contributed by atoms with Crippen LogP contribution in [0.5, 0.6) is 5.75 Å². The highest BCUT2D eigenvalue weighted by Crippen LogP contribution is 2.37. The van der Waals surface area contributed by atoms with Gasteiger partial charge in [-0.2, -0.15) is 0 Å². The van der Waals surface area contributed by atoms with Crippen molar-refractivity contribution in [2.75, 3.05) is 7.11 Å². The van der Waals surface area contributed by atoms with E-state index in [1.54, 1.807) is 57.2 Å². The molecule has 4 aromatic rings. The fourth-order valence-corrected chi connectivity index (χ4v) is 5.94. The number of esters is 1. The summed E-state index contributed by atoms with van der Waals surface area (Å²) in [5.74, 6) is 0.832. The fourth-order valence-electron chi connectivity index (χ4n) is 4.54. The average Bonchev–Trinajstić information content (AvgIpc) is 3.51. The van der Waals surface area contributed by atoms with Crippen LogP contribution < -0.4 is 19.6 Å². The number of thiazole rings is 1. The molecule has 0 aliphatic carbocycles. The first-order valence-corrected chi connectivity index (χ1v) is 14.1. The maximum Gasteiger partial charge on any atom is 0.338 e. The van der Waals surface area contributed by atoms with Gasteiger partial charge in [0.05, 0.1) is 33.9 Å². The number of benzene rings is 2. The fraction of sp³-hybridized carbons (Fsp3) is 0.207. The summed E-state index contributed by atoms with van der Waals surface area (Å²) in [6.45, 7) is 5.23. The number of allylic oxidation sites excluding steroid dienone is 1. The molecule has 3 heterocycles. The van der Waals surface area contributed by atoms with Crippen LogP contribution >= 0.6 is 27.3 Å². The van der Waals surface area contributed by atoms with E-state index >= 15 is 0 Å². The highest BCUT2D eigenvalue weighted by Gasteiger charge is 2.35. The van der Waals surface area contributed by atoms with Gasteiger partial charge in [-0.15, -0.1) is 0 Å². The number of hydrogen-bond acceptors (Lipinski definition) is 9. The summed E-state index contributed by atoms with van der Waals surface area (Å²) in [5, 5.41) is 11.0. The summed E-state index contributed by atoms with van der Waals surface area (Å²) in [7, 11) is 1.53. The van der Waals surface area contributed by atoms with Gasteiger partial charge in [-0.25, -0.2) is 9.79 Å². The van der Waals surface area contributed by atoms with E-state index in [0.717, 1.165) is 4.47 Å².